The number of allylic oxidation sites excluding steroid dienone is 2. The highest BCUT2D eigenvalue weighted by atomic mass is 16.5. The molecule has 0 spiro atoms. The second-order valence-electron chi connectivity index (χ2n) is 7.93. The summed E-state index contributed by atoms with van der Waals surface area (Å²) in [4.78, 5) is 0. The SMILES string of the molecule is [CH2]C=CC(CCC)(c1ccc(C(C)(C)C)cc1)C1CCCOC1. The molecular weight excluding hydrogens is 280 g/mol. The van der Waals surface area contributed by atoms with Crippen LogP contribution in [-0.4, -0.2) is 13.2 Å². The Bertz CT molecular complexity index is 500. The fraction of sp³-hybridized carbons (Fsp3) is 0.591. The molecule has 23 heavy (non-hydrogen) atoms. The Morgan fingerprint density at radius 2 is 1.83 bits per heavy atom. The van der Waals surface area contributed by atoms with Crippen LogP contribution in [0.5, 0.6) is 0 Å². The Morgan fingerprint density at radius 1 is 1.17 bits per heavy atom. The van der Waals surface area contributed by atoms with E-state index in [1.54, 1.807) is 0 Å². The third kappa shape index (κ3) is 4.07. The number of hydrogen-bond donors (Lipinski definition) is 0. The minimum Gasteiger partial charge on any atom is -0.381 e. The second-order valence-corrected chi connectivity index (χ2v) is 7.93. The van der Waals surface area contributed by atoms with Crippen molar-refractivity contribution >= 4 is 0 Å². The highest BCUT2D eigenvalue weighted by molar-refractivity contribution is 5.37. The molecule has 1 heterocycles. The van der Waals surface area contributed by atoms with Gasteiger partial charge in [-0.15, -0.1) is 0 Å². The van der Waals surface area contributed by atoms with Crippen molar-refractivity contribution in [3.05, 3.63) is 54.5 Å². The molecule has 1 radical (unpaired) electrons. The summed E-state index contributed by atoms with van der Waals surface area (Å²) in [5.74, 6) is 0.551. The molecule has 127 valence electrons. The molecule has 2 rings (SSSR count). The van der Waals surface area contributed by atoms with E-state index in [0.717, 1.165) is 19.6 Å². The van der Waals surface area contributed by atoms with Crippen molar-refractivity contribution in [1.29, 1.82) is 0 Å². The average molecular weight is 314 g/mol. The number of rotatable bonds is 5. The normalized spacial score (nSPS) is 22.2. The van der Waals surface area contributed by atoms with Crippen LogP contribution >= 0.6 is 0 Å². The van der Waals surface area contributed by atoms with Gasteiger partial charge in [0.15, 0.2) is 0 Å². The first-order chi connectivity index (χ1) is 10.9. The molecule has 1 aromatic carbocycles. The molecule has 0 saturated carbocycles. The minimum atomic E-state index is 0.0628. The van der Waals surface area contributed by atoms with Crippen molar-refractivity contribution in [1.82, 2.24) is 0 Å². The maximum Gasteiger partial charge on any atom is 0.0505 e. The highest BCUT2D eigenvalue weighted by Crippen LogP contribution is 2.43. The Labute approximate surface area is 143 Å². The van der Waals surface area contributed by atoms with Gasteiger partial charge in [-0.3, -0.25) is 0 Å². The lowest BCUT2D eigenvalue weighted by atomic mass is 9.65. The molecule has 2 atom stereocenters. The molecule has 1 saturated heterocycles. The van der Waals surface area contributed by atoms with Gasteiger partial charge in [-0.05, 0) is 48.6 Å². The van der Waals surface area contributed by atoms with Gasteiger partial charge >= 0.3 is 0 Å². The van der Waals surface area contributed by atoms with Crippen LogP contribution in [0.4, 0.5) is 0 Å². The van der Waals surface area contributed by atoms with Crippen LogP contribution in [0.15, 0.2) is 36.4 Å². The topological polar surface area (TPSA) is 9.23 Å². The van der Waals surface area contributed by atoms with Gasteiger partial charge in [0.1, 0.15) is 0 Å². The molecule has 2 unspecified atom stereocenters. The van der Waals surface area contributed by atoms with E-state index in [-0.39, 0.29) is 10.8 Å². The van der Waals surface area contributed by atoms with Crippen molar-refractivity contribution in [3.63, 3.8) is 0 Å². The summed E-state index contributed by atoms with van der Waals surface area (Å²) >= 11 is 0. The zero-order valence-electron chi connectivity index (χ0n) is 15.4. The van der Waals surface area contributed by atoms with Gasteiger partial charge < -0.3 is 4.74 Å². The summed E-state index contributed by atoms with van der Waals surface area (Å²) in [6, 6.07) is 9.29. The molecule has 1 heteroatoms. The van der Waals surface area contributed by atoms with E-state index in [0.29, 0.717) is 5.92 Å². The first kappa shape index (κ1) is 18.3. The lowest BCUT2D eigenvalue weighted by Crippen LogP contribution is -2.38. The predicted molar refractivity (Wildman–Crippen MR) is 99.8 cm³/mol. The van der Waals surface area contributed by atoms with Crippen LogP contribution in [0.3, 0.4) is 0 Å². The van der Waals surface area contributed by atoms with Crippen molar-refractivity contribution in [2.24, 2.45) is 5.92 Å². The molecule has 1 aliphatic rings. The summed E-state index contributed by atoms with van der Waals surface area (Å²) in [5.41, 5.74) is 3.07. The summed E-state index contributed by atoms with van der Waals surface area (Å²) < 4.78 is 5.83. The van der Waals surface area contributed by atoms with E-state index in [4.69, 9.17) is 4.74 Å². The third-order valence-electron chi connectivity index (χ3n) is 5.26. The van der Waals surface area contributed by atoms with E-state index in [1.165, 1.54) is 30.4 Å². The fourth-order valence-electron chi connectivity index (χ4n) is 3.95. The molecule has 0 N–H and O–H groups in total. The van der Waals surface area contributed by atoms with E-state index in [2.05, 4.69) is 65.0 Å². The molecule has 1 nitrogen and oxygen atoms in total. The quantitative estimate of drug-likeness (QED) is 0.663. The second kappa shape index (κ2) is 7.66. The Balaban J connectivity index is 2.43. The van der Waals surface area contributed by atoms with Crippen LogP contribution in [0, 0.1) is 12.8 Å². The lowest BCUT2D eigenvalue weighted by Gasteiger charge is -2.41. The van der Waals surface area contributed by atoms with E-state index in [9.17, 15) is 0 Å². The van der Waals surface area contributed by atoms with Crippen molar-refractivity contribution in [3.8, 4) is 0 Å². The first-order valence-electron chi connectivity index (χ1n) is 9.09. The predicted octanol–water partition coefficient (Wildman–Crippen LogP) is 5.84. The molecule has 0 aromatic heterocycles. The van der Waals surface area contributed by atoms with Crippen LogP contribution in [0.1, 0.15) is 64.5 Å². The number of hydrogen-bond acceptors (Lipinski definition) is 1. The zero-order valence-corrected chi connectivity index (χ0v) is 15.4. The van der Waals surface area contributed by atoms with Crippen LogP contribution in [0.25, 0.3) is 0 Å². The zero-order chi connectivity index (χ0) is 16.9. The van der Waals surface area contributed by atoms with E-state index < -0.39 is 0 Å². The summed E-state index contributed by atoms with van der Waals surface area (Å²) in [5, 5.41) is 0. The van der Waals surface area contributed by atoms with Gasteiger partial charge in [0.2, 0.25) is 0 Å². The van der Waals surface area contributed by atoms with Crippen molar-refractivity contribution < 1.29 is 4.74 Å². The summed E-state index contributed by atoms with van der Waals surface area (Å²) in [6.07, 6.45) is 9.06. The average Bonchev–Trinajstić information content (AvgIpc) is 2.55. The van der Waals surface area contributed by atoms with Gasteiger partial charge in [0, 0.05) is 12.0 Å². The third-order valence-corrected chi connectivity index (χ3v) is 5.26. The van der Waals surface area contributed by atoms with E-state index >= 15 is 0 Å². The molecular formula is C22H33O. The van der Waals surface area contributed by atoms with Gasteiger partial charge in [0.25, 0.3) is 0 Å². The maximum atomic E-state index is 5.83. The fourth-order valence-corrected chi connectivity index (χ4v) is 3.95. The molecule has 1 fully saturated rings. The smallest absolute Gasteiger partial charge is 0.0505 e. The largest absolute Gasteiger partial charge is 0.381 e. The number of ether oxygens (including phenoxy) is 1. The Hall–Kier alpha value is -1.08. The van der Waals surface area contributed by atoms with Gasteiger partial charge in [0.05, 0.1) is 6.61 Å². The molecule has 0 aliphatic carbocycles. The minimum absolute atomic E-state index is 0.0628. The van der Waals surface area contributed by atoms with Gasteiger partial charge in [-0.1, -0.05) is 70.5 Å². The Morgan fingerprint density at radius 3 is 2.30 bits per heavy atom. The molecule has 0 bridgehead atoms. The van der Waals surface area contributed by atoms with Crippen molar-refractivity contribution in [2.45, 2.75) is 64.2 Å². The van der Waals surface area contributed by atoms with Gasteiger partial charge in [-0.25, -0.2) is 0 Å². The van der Waals surface area contributed by atoms with Crippen molar-refractivity contribution in [2.75, 3.05) is 13.2 Å². The molecule has 1 aromatic rings. The van der Waals surface area contributed by atoms with Crippen LogP contribution < -0.4 is 0 Å². The summed E-state index contributed by atoms with van der Waals surface area (Å²) in [7, 11) is 0. The monoisotopic (exact) mass is 313 g/mol. The summed E-state index contributed by atoms with van der Waals surface area (Å²) in [6.45, 7) is 14.9. The highest BCUT2D eigenvalue weighted by Gasteiger charge is 2.38. The lowest BCUT2D eigenvalue weighted by molar-refractivity contribution is 0.0275. The van der Waals surface area contributed by atoms with E-state index in [1.807, 2.05) is 6.08 Å². The molecule has 0 amide bonds. The number of benzene rings is 1. The van der Waals surface area contributed by atoms with Crippen LogP contribution in [-0.2, 0) is 15.6 Å². The molecule has 1 aliphatic heterocycles. The Kier molecular flexibility index (Phi) is 6.08. The maximum absolute atomic E-state index is 5.83. The van der Waals surface area contributed by atoms with Crippen LogP contribution in [0.2, 0.25) is 0 Å². The van der Waals surface area contributed by atoms with Gasteiger partial charge in [-0.2, -0.15) is 0 Å². The first-order valence-corrected chi connectivity index (χ1v) is 9.09. The standard InChI is InChI=1S/C22H33O/c1-6-14-22(15-7-2,20-9-8-16-23-17-20)19-12-10-18(11-13-19)21(3,4)5/h6,10-14,20H,1,7-9,15-17H2,2-5H3.